The SMILES string of the molecule is C=C[C@H](/C(=C/CCC1OCCCO1)O[Si](C)(C)C(C)(C)C)C(C(=O)OCc1ccccc1)C(=O)OCc1ccccc1. The van der Waals surface area contributed by atoms with Crippen molar-refractivity contribution in [1.29, 1.82) is 0 Å². The average molecular weight is 595 g/mol. The number of allylic oxidation sites excluding steroid dienone is 2. The van der Waals surface area contributed by atoms with E-state index in [4.69, 9.17) is 23.4 Å². The van der Waals surface area contributed by atoms with Crippen LogP contribution in [0.15, 0.2) is 85.2 Å². The van der Waals surface area contributed by atoms with Crippen LogP contribution in [0.25, 0.3) is 0 Å². The molecule has 1 aliphatic heterocycles. The van der Waals surface area contributed by atoms with E-state index in [9.17, 15) is 9.59 Å². The number of esters is 2. The summed E-state index contributed by atoms with van der Waals surface area (Å²) in [7, 11) is -2.38. The van der Waals surface area contributed by atoms with E-state index >= 15 is 0 Å². The first-order chi connectivity index (χ1) is 20.0. The second-order valence-corrected chi connectivity index (χ2v) is 16.7. The highest BCUT2D eigenvalue weighted by atomic mass is 28.4. The fraction of sp³-hybridized carbons (Fsp3) is 0.471. The average Bonchev–Trinajstić information content (AvgIpc) is 2.98. The first-order valence-electron chi connectivity index (χ1n) is 14.7. The van der Waals surface area contributed by atoms with Gasteiger partial charge < -0.3 is 23.4 Å². The Kier molecular flexibility index (Phi) is 12.6. The molecule has 1 heterocycles. The van der Waals surface area contributed by atoms with E-state index in [1.165, 1.54) is 0 Å². The number of hydrogen-bond acceptors (Lipinski definition) is 7. The van der Waals surface area contributed by atoms with Crippen LogP contribution >= 0.6 is 0 Å². The van der Waals surface area contributed by atoms with Crippen molar-refractivity contribution in [2.75, 3.05) is 13.2 Å². The van der Waals surface area contributed by atoms with Gasteiger partial charge >= 0.3 is 11.9 Å². The summed E-state index contributed by atoms with van der Waals surface area (Å²) in [6, 6.07) is 18.7. The Labute approximate surface area is 252 Å². The molecule has 0 bridgehead atoms. The highest BCUT2D eigenvalue weighted by molar-refractivity contribution is 6.74. The van der Waals surface area contributed by atoms with E-state index in [1.807, 2.05) is 66.7 Å². The first-order valence-corrected chi connectivity index (χ1v) is 17.6. The van der Waals surface area contributed by atoms with Gasteiger partial charge in [-0.15, -0.1) is 6.58 Å². The molecular formula is C34H46O7Si. The van der Waals surface area contributed by atoms with Gasteiger partial charge in [-0.2, -0.15) is 0 Å². The van der Waals surface area contributed by atoms with E-state index in [-0.39, 0.29) is 24.5 Å². The predicted molar refractivity (Wildman–Crippen MR) is 166 cm³/mol. The first kappa shape index (κ1) is 33.3. The molecular weight excluding hydrogens is 548 g/mol. The minimum Gasteiger partial charge on any atom is -0.546 e. The maximum absolute atomic E-state index is 13.7. The molecule has 0 unspecified atom stereocenters. The largest absolute Gasteiger partial charge is 0.546 e. The van der Waals surface area contributed by atoms with Gasteiger partial charge in [-0.05, 0) is 48.2 Å². The molecule has 0 spiro atoms. The van der Waals surface area contributed by atoms with E-state index in [0.717, 1.165) is 17.5 Å². The van der Waals surface area contributed by atoms with Crippen LogP contribution in [0, 0.1) is 11.8 Å². The second-order valence-electron chi connectivity index (χ2n) is 12.0. The third-order valence-electron chi connectivity index (χ3n) is 7.72. The lowest BCUT2D eigenvalue weighted by atomic mass is 9.89. The minimum absolute atomic E-state index is 0.0322. The van der Waals surface area contributed by atoms with Gasteiger partial charge in [0.05, 0.1) is 24.9 Å². The molecule has 0 saturated carbocycles. The van der Waals surface area contributed by atoms with E-state index < -0.39 is 32.1 Å². The van der Waals surface area contributed by atoms with Gasteiger partial charge in [-0.3, -0.25) is 9.59 Å². The Morgan fingerprint density at radius 3 is 1.88 bits per heavy atom. The lowest BCUT2D eigenvalue weighted by molar-refractivity contribution is -0.180. The Balaban J connectivity index is 1.91. The molecule has 7 nitrogen and oxygen atoms in total. The Hall–Kier alpha value is -3.20. The zero-order valence-electron chi connectivity index (χ0n) is 25.7. The van der Waals surface area contributed by atoms with E-state index in [1.54, 1.807) is 6.08 Å². The summed E-state index contributed by atoms with van der Waals surface area (Å²) in [6.45, 7) is 16.1. The van der Waals surface area contributed by atoms with Crippen LogP contribution in [-0.2, 0) is 46.2 Å². The molecule has 8 heteroatoms. The van der Waals surface area contributed by atoms with Crippen LogP contribution in [0.1, 0.15) is 51.2 Å². The van der Waals surface area contributed by atoms with E-state index in [0.29, 0.717) is 31.8 Å². The summed E-state index contributed by atoms with van der Waals surface area (Å²) in [4.78, 5) is 27.4. The molecule has 228 valence electrons. The predicted octanol–water partition coefficient (Wildman–Crippen LogP) is 7.34. The van der Waals surface area contributed by atoms with Gasteiger partial charge in [0.25, 0.3) is 0 Å². The van der Waals surface area contributed by atoms with Gasteiger partial charge in [-0.25, -0.2) is 0 Å². The monoisotopic (exact) mass is 594 g/mol. The summed E-state index contributed by atoms with van der Waals surface area (Å²) >= 11 is 0. The number of carbonyl (C=O) groups is 2. The van der Waals surface area contributed by atoms with Crippen molar-refractivity contribution in [3.05, 3.63) is 96.3 Å². The summed E-state index contributed by atoms with van der Waals surface area (Å²) < 4.78 is 29.6. The second kappa shape index (κ2) is 15.9. The molecule has 0 radical (unpaired) electrons. The molecule has 0 aromatic heterocycles. The van der Waals surface area contributed by atoms with Crippen molar-refractivity contribution in [3.63, 3.8) is 0 Å². The van der Waals surface area contributed by atoms with Gasteiger partial charge in [-0.1, -0.05) is 87.5 Å². The van der Waals surface area contributed by atoms with Crippen LogP contribution in [0.3, 0.4) is 0 Å². The van der Waals surface area contributed by atoms with Crippen LogP contribution in [-0.4, -0.2) is 39.8 Å². The van der Waals surface area contributed by atoms with Gasteiger partial charge in [0, 0.05) is 6.42 Å². The number of hydrogen-bond donors (Lipinski definition) is 0. The smallest absolute Gasteiger partial charge is 0.321 e. The third-order valence-corrected chi connectivity index (χ3v) is 12.1. The van der Waals surface area contributed by atoms with Crippen molar-refractivity contribution in [2.45, 2.75) is 77.7 Å². The molecule has 2 aromatic rings. The molecule has 0 amide bonds. The van der Waals surface area contributed by atoms with Crippen LogP contribution in [0.5, 0.6) is 0 Å². The van der Waals surface area contributed by atoms with Gasteiger partial charge in [0.1, 0.15) is 13.2 Å². The van der Waals surface area contributed by atoms with Crippen molar-refractivity contribution >= 4 is 20.3 Å². The topological polar surface area (TPSA) is 80.3 Å². The van der Waals surface area contributed by atoms with Gasteiger partial charge in [0.15, 0.2) is 12.2 Å². The summed E-state index contributed by atoms with van der Waals surface area (Å²) in [5.74, 6) is -2.95. The Morgan fingerprint density at radius 1 is 0.929 bits per heavy atom. The van der Waals surface area contributed by atoms with Crippen LogP contribution in [0.4, 0.5) is 0 Å². The van der Waals surface area contributed by atoms with E-state index in [2.05, 4.69) is 40.4 Å². The van der Waals surface area contributed by atoms with Crippen molar-refractivity contribution < 1.29 is 33.0 Å². The lowest BCUT2D eigenvalue weighted by Crippen LogP contribution is -2.43. The molecule has 2 aromatic carbocycles. The van der Waals surface area contributed by atoms with Crippen molar-refractivity contribution in [1.82, 2.24) is 0 Å². The molecule has 1 aliphatic rings. The van der Waals surface area contributed by atoms with Crippen molar-refractivity contribution in [3.8, 4) is 0 Å². The highest BCUT2D eigenvalue weighted by Crippen LogP contribution is 2.40. The molecule has 42 heavy (non-hydrogen) atoms. The molecule has 3 rings (SSSR count). The Morgan fingerprint density at radius 2 is 1.43 bits per heavy atom. The number of rotatable bonds is 14. The quantitative estimate of drug-likeness (QED) is 0.0744. The maximum atomic E-state index is 13.7. The highest BCUT2D eigenvalue weighted by Gasteiger charge is 2.44. The summed E-state index contributed by atoms with van der Waals surface area (Å²) in [6.07, 6.45) is 5.30. The minimum atomic E-state index is -2.38. The van der Waals surface area contributed by atoms with Crippen molar-refractivity contribution in [2.24, 2.45) is 11.8 Å². The number of benzene rings is 2. The van der Waals surface area contributed by atoms with Crippen LogP contribution in [0.2, 0.25) is 18.1 Å². The lowest BCUT2D eigenvalue weighted by Gasteiger charge is -2.39. The maximum Gasteiger partial charge on any atom is 0.321 e. The number of carbonyl (C=O) groups excluding carboxylic acids is 2. The standard InChI is InChI=1S/C34H46O7Si/c1-7-28(29(41-42(5,6)34(2,3)4)20-14-21-30-37-22-15-23-38-30)31(32(35)39-24-26-16-10-8-11-17-26)33(36)40-25-27-18-12-9-13-19-27/h7-13,16-20,28,30-31H,1,14-15,21-25H2,2-6H3/b29-20-/t28-/m1/s1. The summed E-state index contributed by atoms with van der Waals surface area (Å²) in [5, 5.41) is -0.121. The van der Waals surface area contributed by atoms with Gasteiger partial charge in [0.2, 0.25) is 8.32 Å². The number of ether oxygens (including phenoxy) is 4. The van der Waals surface area contributed by atoms with Crippen LogP contribution < -0.4 is 0 Å². The molecule has 0 N–H and O–H groups in total. The molecule has 0 aliphatic carbocycles. The molecule has 1 atom stereocenters. The Bertz CT molecular complexity index is 1110. The zero-order chi connectivity index (χ0) is 30.6. The normalized spacial score (nSPS) is 15.6. The fourth-order valence-electron chi connectivity index (χ4n) is 4.20. The molecule has 1 saturated heterocycles. The zero-order valence-corrected chi connectivity index (χ0v) is 26.7. The molecule has 1 fully saturated rings. The fourth-order valence-corrected chi connectivity index (χ4v) is 5.32. The third kappa shape index (κ3) is 9.96. The summed E-state index contributed by atoms with van der Waals surface area (Å²) in [5.41, 5.74) is 1.64.